The van der Waals surface area contributed by atoms with Crippen molar-refractivity contribution >= 4 is 22.3 Å². The van der Waals surface area contributed by atoms with Gasteiger partial charge >= 0.3 is 0 Å². The minimum Gasteiger partial charge on any atom is -0.200 e. The lowest BCUT2D eigenvalue weighted by Crippen LogP contribution is -2.19. The minimum absolute atomic E-state index is 0.249. The van der Waals surface area contributed by atoms with Crippen molar-refractivity contribution in [3.63, 3.8) is 0 Å². The SMILES string of the molecule is CC(/C=N\NS(=O)(=O)c1cc(C)ccc1C)=C\c1ccccc1. The van der Waals surface area contributed by atoms with Gasteiger partial charge in [0, 0.05) is 0 Å². The van der Waals surface area contributed by atoms with Gasteiger partial charge < -0.3 is 0 Å². The second-order valence-electron chi connectivity index (χ2n) is 5.42. The average Bonchev–Trinajstić information content (AvgIpc) is 2.50. The number of nitrogens with zero attached hydrogens (tertiary/aromatic N) is 1. The second kappa shape index (κ2) is 7.24. The Bertz CT molecular complexity index is 839. The molecule has 0 spiro atoms. The van der Waals surface area contributed by atoms with Gasteiger partial charge in [0.25, 0.3) is 10.0 Å². The fourth-order valence-electron chi connectivity index (χ4n) is 2.09. The third-order valence-electron chi connectivity index (χ3n) is 3.27. The number of benzene rings is 2. The molecule has 1 N–H and O–H groups in total. The number of hydrogen-bond acceptors (Lipinski definition) is 3. The van der Waals surface area contributed by atoms with Crippen molar-refractivity contribution in [2.45, 2.75) is 25.7 Å². The molecule has 0 saturated carbocycles. The van der Waals surface area contributed by atoms with E-state index in [1.165, 1.54) is 6.21 Å². The molecule has 0 fully saturated rings. The molecule has 2 aromatic carbocycles. The van der Waals surface area contributed by atoms with Crippen LogP contribution >= 0.6 is 0 Å². The summed E-state index contributed by atoms with van der Waals surface area (Å²) in [5.74, 6) is 0. The van der Waals surface area contributed by atoms with E-state index >= 15 is 0 Å². The molecule has 0 aliphatic heterocycles. The molecule has 2 rings (SSSR count). The van der Waals surface area contributed by atoms with Crippen LogP contribution in [0.15, 0.2) is 64.1 Å². The lowest BCUT2D eigenvalue weighted by molar-refractivity contribution is 0.584. The highest BCUT2D eigenvalue weighted by Gasteiger charge is 2.15. The van der Waals surface area contributed by atoms with Gasteiger partial charge in [0.2, 0.25) is 0 Å². The first-order chi connectivity index (χ1) is 10.9. The molecular formula is C18H20N2O2S. The highest BCUT2D eigenvalue weighted by Crippen LogP contribution is 2.16. The van der Waals surface area contributed by atoms with E-state index < -0.39 is 10.0 Å². The number of hydrazone groups is 1. The van der Waals surface area contributed by atoms with Crippen molar-refractivity contribution in [3.05, 3.63) is 70.8 Å². The molecular weight excluding hydrogens is 308 g/mol. The van der Waals surface area contributed by atoms with Crippen LogP contribution in [0.4, 0.5) is 0 Å². The number of nitrogens with one attached hydrogen (secondary N) is 1. The second-order valence-corrected chi connectivity index (χ2v) is 7.05. The van der Waals surface area contributed by atoms with Gasteiger partial charge in [0.15, 0.2) is 0 Å². The molecule has 0 bridgehead atoms. The first-order valence-corrected chi connectivity index (χ1v) is 8.72. The fourth-order valence-corrected chi connectivity index (χ4v) is 3.22. The van der Waals surface area contributed by atoms with Crippen molar-refractivity contribution in [2.75, 3.05) is 0 Å². The van der Waals surface area contributed by atoms with E-state index in [0.29, 0.717) is 5.56 Å². The summed E-state index contributed by atoms with van der Waals surface area (Å²) in [6.07, 6.45) is 3.42. The largest absolute Gasteiger partial charge is 0.276 e. The van der Waals surface area contributed by atoms with Crippen LogP contribution in [0.25, 0.3) is 6.08 Å². The molecule has 5 heteroatoms. The van der Waals surface area contributed by atoms with Crippen LogP contribution in [-0.4, -0.2) is 14.6 Å². The maximum atomic E-state index is 12.3. The summed E-state index contributed by atoms with van der Waals surface area (Å²) in [5, 5.41) is 3.86. The highest BCUT2D eigenvalue weighted by atomic mass is 32.2. The normalized spacial score (nSPS) is 12.6. The maximum Gasteiger partial charge on any atom is 0.276 e. The number of allylic oxidation sites excluding steroid dienone is 1. The molecule has 0 aliphatic carbocycles. The van der Waals surface area contributed by atoms with E-state index in [-0.39, 0.29) is 4.90 Å². The number of sulfonamides is 1. The van der Waals surface area contributed by atoms with Gasteiger partial charge in [0.1, 0.15) is 0 Å². The highest BCUT2D eigenvalue weighted by molar-refractivity contribution is 7.89. The van der Waals surface area contributed by atoms with E-state index in [1.807, 2.05) is 56.3 Å². The fraction of sp³-hybridized carbons (Fsp3) is 0.167. The van der Waals surface area contributed by atoms with Crippen LogP contribution in [0.3, 0.4) is 0 Å². The van der Waals surface area contributed by atoms with E-state index in [9.17, 15) is 8.42 Å². The predicted octanol–water partition coefficient (Wildman–Crippen LogP) is 3.67. The summed E-state index contributed by atoms with van der Waals surface area (Å²) < 4.78 is 24.6. The summed E-state index contributed by atoms with van der Waals surface area (Å²) in [6.45, 7) is 5.48. The van der Waals surface area contributed by atoms with E-state index in [1.54, 1.807) is 19.1 Å². The van der Waals surface area contributed by atoms with Gasteiger partial charge in [-0.15, -0.1) is 0 Å². The van der Waals surface area contributed by atoms with Crippen molar-refractivity contribution in [3.8, 4) is 0 Å². The Labute approximate surface area is 137 Å². The Morgan fingerprint density at radius 3 is 2.48 bits per heavy atom. The van der Waals surface area contributed by atoms with Crippen molar-refractivity contribution in [1.82, 2.24) is 4.83 Å². The maximum absolute atomic E-state index is 12.3. The smallest absolute Gasteiger partial charge is 0.200 e. The Balaban J connectivity index is 2.13. The van der Waals surface area contributed by atoms with Gasteiger partial charge in [-0.1, -0.05) is 48.5 Å². The molecule has 0 radical (unpaired) electrons. The number of rotatable bonds is 5. The summed E-state index contributed by atoms with van der Waals surface area (Å²) in [4.78, 5) is 2.51. The summed E-state index contributed by atoms with van der Waals surface area (Å²) in [7, 11) is -3.66. The van der Waals surface area contributed by atoms with Gasteiger partial charge in [-0.2, -0.15) is 13.5 Å². The average molecular weight is 328 g/mol. The molecule has 23 heavy (non-hydrogen) atoms. The number of hydrogen-bond donors (Lipinski definition) is 1. The molecule has 0 unspecified atom stereocenters. The van der Waals surface area contributed by atoms with Crippen LogP contribution in [0.1, 0.15) is 23.6 Å². The molecule has 0 saturated heterocycles. The quantitative estimate of drug-likeness (QED) is 0.672. The van der Waals surface area contributed by atoms with E-state index in [4.69, 9.17) is 0 Å². The van der Waals surface area contributed by atoms with Crippen molar-refractivity contribution < 1.29 is 8.42 Å². The Hall–Kier alpha value is -2.40. The molecule has 4 nitrogen and oxygen atoms in total. The summed E-state index contributed by atoms with van der Waals surface area (Å²) >= 11 is 0. The Morgan fingerprint density at radius 1 is 1.09 bits per heavy atom. The summed E-state index contributed by atoms with van der Waals surface area (Å²) in [5.41, 5.74) is 3.46. The van der Waals surface area contributed by atoms with Crippen LogP contribution < -0.4 is 4.83 Å². The third kappa shape index (κ3) is 4.79. The molecule has 120 valence electrons. The minimum atomic E-state index is -3.66. The van der Waals surface area contributed by atoms with Gasteiger partial charge in [0.05, 0.1) is 11.1 Å². The standard InChI is InChI=1S/C18H20N2O2S/c1-14-9-10-16(3)18(12-14)23(21,22)20-19-13-15(2)11-17-7-5-4-6-8-17/h4-13,20H,1-3H3/b15-11+,19-13-. The first kappa shape index (κ1) is 17.0. The zero-order valence-corrected chi connectivity index (χ0v) is 14.3. The van der Waals surface area contributed by atoms with Gasteiger partial charge in [-0.05, 0) is 49.1 Å². The first-order valence-electron chi connectivity index (χ1n) is 7.24. The molecule has 0 aliphatic rings. The van der Waals surface area contributed by atoms with Gasteiger partial charge in [-0.3, -0.25) is 0 Å². The van der Waals surface area contributed by atoms with Crippen LogP contribution in [0, 0.1) is 13.8 Å². The van der Waals surface area contributed by atoms with Crippen LogP contribution in [0.2, 0.25) is 0 Å². The van der Waals surface area contributed by atoms with Crippen molar-refractivity contribution in [2.24, 2.45) is 5.10 Å². The van der Waals surface area contributed by atoms with Crippen LogP contribution in [-0.2, 0) is 10.0 Å². The molecule has 0 heterocycles. The monoisotopic (exact) mass is 328 g/mol. The lowest BCUT2D eigenvalue weighted by Gasteiger charge is -2.07. The molecule has 0 amide bonds. The Morgan fingerprint density at radius 2 is 1.78 bits per heavy atom. The van der Waals surface area contributed by atoms with E-state index in [0.717, 1.165) is 16.7 Å². The Kier molecular flexibility index (Phi) is 5.34. The molecule has 0 atom stereocenters. The summed E-state index contributed by atoms with van der Waals surface area (Å²) in [6, 6.07) is 15.1. The lowest BCUT2D eigenvalue weighted by atomic mass is 10.1. The molecule has 0 aromatic heterocycles. The van der Waals surface area contributed by atoms with Crippen LogP contribution in [0.5, 0.6) is 0 Å². The zero-order chi connectivity index (χ0) is 16.9. The third-order valence-corrected chi connectivity index (χ3v) is 4.63. The zero-order valence-electron chi connectivity index (χ0n) is 13.4. The number of aryl methyl sites for hydroxylation is 2. The molecule has 2 aromatic rings. The van der Waals surface area contributed by atoms with E-state index in [2.05, 4.69) is 9.93 Å². The van der Waals surface area contributed by atoms with Crippen molar-refractivity contribution in [1.29, 1.82) is 0 Å². The topological polar surface area (TPSA) is 58.5 Å². The van der Waals surface area contributed by atoms with Gasteiger partial charge in [-0.25, -0.2) is 4.83 Å². The predicted molar refractivity (Wildman–Crippen MR) is 94.8 cm³/mol.